The van der Waals surface area contributed by atoms with Gasteiger partial charge in [-0.3, -0.25) is 9.69 Å². The quantitative estimate of drug-likeness (QED) is 0.757. The molecule has 0 aliphatic heterocycles. The van der Waals surface area contributed by atoms with E-state index in [1.807, 2.05) is 37.4 Å². The van der Waals surface area contributed by atoms with E-state index in [0.29, 0.717) is 18.3 Å². The van der Waals surface area contributed by atoms with Crippen molar-refractivity contribution in [2.75, 3.05) is 13.6 Å². The van der Waals surface area contributed by atoms with Crippen LogP contribution in [0, 0.1) is 0 Å². The monoisotopic (exact) mass is 245 g/mol. The van der Waals surface area contributed by atoms with E-state index in [9.17, 15) is 4.79 Å². The summed E-state index contributed by atoms with van der Waals surface area (Å²) in [6.07, 6.45) is 1.03. The molecule has 2 aromatic rings. The summed E-state index contributed by atoms with van der Waals surface area (Å²) in [7, 11) is 1.97. The predicted molar refractivity (Wildman–Crippen MR) is 72.9 cm³/mol. The van der Waals surface area contributed by atoms with Crippen LogP contribution in [0.15, 0.2) is 34.7 Å². The molecule has 2 rings (SSSR count). The molecule has 1 aromatic carbocycles. The first-order chi connectivity index (χ1) is 8.61. The van der Waals surface area contributed by atoms with Gasteiger partial charge in [0.25, 0.3) is 0 Å². The van der Waals surface area contributed by atoms with Crippen molar-refractivity contribution in [3.63, 3.8) is 0 Å². The zero-order valence-electron chi connectivity index (χ0n) is 11.1. The Hall–Kier alpha value is -1.61. The SMILES string of the molecule is CCC(C)N(C)CC(=O)c1cc2ccccc2o1. The number of rotatable bonds is 5. The Labute approximate surface area is 107 Å². The Morgan fingerprint density at radius 3 is 2.78 bits per heavy atom. The normalized spacial score (nSPS) is 13.1. The molecule has 0 saturated heterocycles. The standard InChI is InChI=1S/C15H19NO2/c1-4-11(2)16(3)10-13(17)15-9-12-7-5-6-8-14(12)18-15/h5-9,11H,4,10H2,1-3H3. The first kappa shape index (κ1) is 12.8. The van der Waals surface area contributed by atoms with E-state index < -0.39 is 0 Å². The van der Waals surface area contributed by atoms with E-state index in [-0.39, 0.29) is 5.78 Å². The number of likely N-dealkylation sites (N-methyl/N-ethyl adjacent to an activating group) is 1. The maximum absolute atomic E-state index is 12.1. The van der Waals surface area contributed by atoms with E-state index in [0.717, 1.165) is 17.4 Å². The van der Waals surface area contributed by atoms with Gasteiger partial charge in [-0.1, -0.05) is 25.1 Å². The van der Waals surface area contributed by atoms with Gasteiger partial charge in [-0.2, -0.15) is 0 Å². The summed E-state index contributed by atoms with van der Waals surface area (Å²) in [5, 5.41) is 0.979. The fourth-order valence-electron chi connectivity index (χ4n) is 1.89. The van der Waals surface area contributed by atoms with E-state index in [1.165, 1.54) is 0 Å². The van der Waals surface area contributed by atoms with E-state index in [2.05, 4.69) is 18.7 Å². The summed E-state index contributed by atoms with van der Waals surface area (Å²) >= 11 is 0. The molecule has 1 unspecified atom stereocenters. The highest BCUT2D eigenvalue weighted by Crippen LogP contribution is 2.19. The van der Waals surface area contributed by atoms with Crippen molar-refractivity contribution in [2.24, 2.45) is 0 Å². The number of hydrogen-bond donors (Lipinski definition) is 0. The Morgan fingerprint density at radius 2 is 2.11 bits per heavy atom. The first-order valence-electron chi connectivity index (χ1n) is 6.33. The minimum atomic E-state index is 0.0361. The third-order valence-corrected chi connectivity index (χ3v) is 3.44. The van der Waals surface area contributed by atoms with Crippen LogP contribution in [0.4, 0.5) is 0 Å². The molecule has 0 aliphatic rings. The zero-order valence-corrected chi connectivity index (χ0v) is 11.1. The molecule has 0 aliphatic carbocycles. The van der Waals surface area contributed by atoms with Gasteiger partial charge in [0.2, 0.25) is 5.78 Å². The van der Waals surface area contributed by atoms with Gasteiger partial charge in [-0.05, 0) is 32.5 Å². The summed E-state index contributed by atoms with van der Waals surface area (Å²) in [6.45, 7) is 4.63. The molecule has 96 valence electrons. The molecule has 0 radical (unpaired) electrons. The Balaban J connectivity index is 2.13. The maximum atomic E-state index is 12.1. The molecular weight excluding hydrogens is 226 g/mol. The topological polar surface area (TPSA) is 33.5 Å². The number of ketones is 1. The molecule has 0 N–H and O–H groups in total. The molecule has 0 spiro atoms. The molecule has 1 atom stereocenters. The molecular formula is C15H19NO2. The number of nitrogens with zero attached hydrogens (tertiary/aromatic N) is 1. The van der Waals surface area contributed by atoms with Crippen molar-refractivity contribution in [3.05, 3.63) is 36.1 Å². The zero-order chi connectivity index (χ0) is 13.1. The number of hydrogen-bond acceptors (Lipinski definition) is 3. The van der Waals surface area contributed by atoms with Gasteiger partial charge >= 0.3 is 0 Å². The Morgan fingerprint density at radius 1 is 1.39 bits per heavy atom. The lowest BCUT2D eigenvalue weighted by molar-refractivity contribution is 0.0898. The second-order valence-electron chi connectivity index (χ2n) is 4.74. The molecule has 3 nitrogen and oxygen atoms in total. The number of carbonyl (C=O) groups is 1. The molecule has 0 amide bonds. The lowest BCUT2D eigenvalue weighted by Gasteiger charge is -2.21. The van der Waals surface area contributed by atoms with Crippen LogP contribution in [-0.2, 0) is 0 Å². The van der Waals surface area contributed by atoms with Crippen LogP contribution in [0.1, 0.15) is 30.8 Å². The molecule has 1 aromatic heterocycles. The van der Waals surface area contributed by atoms with Crippen molar-refractivity contribution in [3.8, 4) is 0 Å². The maximum Gasteiger partial charge on any atom is 0.211 e. The lowest BCUT2D eigenvalue weighted by atomic mass is 10.2. The molecule has 18 heavy (non-hydrogen) atoms. The third-order valence-electron chi connectivity index (χ3n) is 3.44. The minimum Gasteiger partial charge on any atom is -0.453 e. The first-order valence-corrected chi connectivity index (χ1v) is 6.33. The van der Waals surface area contributed by atoms with Crippen molar-refractivity contribution >= 4 is 16.8 Å². The highest BCUT2D eigenvalue weighted by molar-refractivity contribution is 5.98. The predicted octanol–water partition coefficient (Wildman–Crippen LogP) is 3.35. The van der Waals surface area contributed by atoms with Gasteiger partial charge in [0.15, 0.2) is 5.76 Å². The van der Waals surface area contributed by atoms with Crippen LogP contribution in [0.5, 0.6) is 0 Å². The Kier molecular flexibility index (Phi) is 3.82. The van der Waals surface area contributed by atoms with Gasteiger partial charge in [0.05, 0.1) is 6.54 Å². The molecule has 0 bridgehead atoms. The van der Waals surface area contributed by atoms with Crippen LogP contribution in [0.25, 0.3) is 11.0 Å². The second kappa shape index (κ2) is 5.36. The lowest BCUT2D eigenvalue weighted by Crippen LogP contribution is -2.33. The highest BCUT2D eigenvalue weighted by Gasteiger charge is 2.16. The van der Waals surface area contributed by atoms with Crippen molar-refractivity contribution in [1.82, 2.24) is 4.90 Å². The summed E-state index contributed by atoms with van der Waals surface area (Å²) in [5.41, 5.74) is 0.770. The molecule has 0 saturated carbocycles. The number of carbonyl (C=O) groups excluding carboxylic acids is 1. The Bertz CT molecular complexity index is 511. The number of Topliss-reactive ketones (excluding diaryl/α,β-unsaturated/α-hetero) is 1. The second-order valence-corrected chi connectivity index (χ2v) is 4.74. The summed E-state index contributed by atoms with van der Waals surface area (Å²) in [4.78, 5) is 14.2. The number of para-hydroxylation sites is 1. The molecule has 1 heterocycles. The average molecular weight is 245 g/mol. The van der Waals surface area contributed by atoms with Gasteiger partial charge in [-0.15, -0.1) is 0 Å². The van der Waals surface area contributed by atoms with Gasteiger partial charge < -0.3 is 4.42 Å². The summed E-state index contributed by atoms with van der Waals surface area (Å²) in [6, 6.07) is 9.90. The number of fused-ring (bicyclic) bond motifs is 1. The minimum absolute atomic E-state index is 0.0361. The van der Waals surface area contributed by atoms with Gasteiger partial charge in [-0.25, -0.2) is 0 Å². The van der Waals surface area contributed by atoms with Crippen LogP contribution >= 0.6 is 0 Å². The third kappa shape index (κ3) is 2.62. The number of benzene rings is 1. The average Bonchev–Trinajstić information content (AvgIpc) is 2.81. The van der Waals surface area contributed by atoms with E-state index >= 15 is 0 Å². The van der Waals surface area contributed by atoms with Crippen LogP contribution < -0.4 is 0 Å². The van der Waals surface area contributed by atoms with Crippen LogP contribution in [0.2, 0.25) is 0 Å². The smallest absolute Gasteiger partial charge is 0.211 e. The van der Waals surface area contributed by atoms with Crippen LogP contribution in [-0.4, -0.2) is 30.3 Å². The van der Waals surface area contributed by atoms with E-state index in [4.69, 9.17) is 4.42 Å². The van der Waals surface area contributed by atoms with Crippen LogP contribution in [0.3, 0.4) is 0 Å². The fourth-order valence-corrected chi connectivity index (χ4v) is 1.89. The van der Waals surface area contributed by atoms with Gasteiger partial charge in [0, 0.05) is 11.4 Å². The fraction of sp³-hybridized carbons (Fsp3) is 0.400. The highest BCUT2D eigenvalue weighted by atomic mass is 16.3. The summed E-state index contributed by atoms with van der Waals surface area (Å²) in [5.74, 6) is 0.486. The van der Waals surface area contributed by atoms with Crippen molar-refractivity contribution in [2.45, 2.75) is 26.3 Å². The molecule has 0 fully saturated rings. The van der Waals surface area contributed by atoms with Crippen molar-refractivity contribution < 1.29 is 9.21 Å². The van der Waals surface area contributed by atoms with Gasteiger partial charge in [0.1, 0.15) is 5.58 Å². The largest absolute Gasteiger partial charge is 0.453 e. The van der Waals surface area contributed by atoms with E-state index in [1.54, 1.807) is 0 Å². The van der Waals surface area contributed by atoms with Crippen molar-refractivity contribution in [1.29, 1.82) is 0 Å². The molecule has 3 heteroatoms. The number of furan rings is 1. The summed E-state index contributed by atoms with van der Waals surface area (Å²) < 4.78 is 5.57.